The Morgan fingerprint density at radius 3 is 2.76 bits per heavy atom. The van der Waals surface area contributed by atoms with Crippen molar-refractivity contribution < 1.29 is 4.74 Å². The zero-order valence-corrected chi connectivity index (χ0v) is 11.8. The van der Waals surface area contributed by atoms with Crippen LogP contribution in [0.25, 0.3) is 0 Å². The van der Waals surface area contributed by atoms with Crippen LogP contribution in [-0.4, -0.2) is 25.2 Å². The van der Waals surface area contributed by atoms with Crippen molar-refractivity contribution in [3.05, 3.63) is 34.9 Å². The summed E-state index contributed by atoms with van der Waals surface area (Å²) in [6.45, 7) is 5.09. The summed E-state index contributed by atoms with van der Waals surface area (Å²) < 4.78 is 5.02. The Kier molecular flexibility index (Phi) is 6.63. The number of benzene rings is 1. The predicted molar refractivity (Wildman–Crippen MR) is 76.7 cm³/mol. The number of methoxy groups -OCH3 is 1. The minimum Gasteiger partial charge on any atom is -0.385 e. The fourth-order valence-electron chi connectivity index (χ4n) is 1.85. The summed E-state index contributed by atoms with van der Waals surface area (Å²) in [5, 5.41) is 0. The van der Waals surface area contributed by atoms with Gasteiger partial charge in [-0.15, -0.1) is 0 Å². The molecule has 0 bridgehead atoms. The number of nitrogens with two attached hydrogens (primary N) is 1. The zero-order valence-electron chi connectivity index (χ0n) is 11.0. The summed E-state index contributed by atoms with van der Waals surface area (Å²) >= 11 is 1.90. The van der Waals surface area contributed by atoms with E-state index in [1.807, 2.05) is 11.8 Å². The minimum absolute atomic E-state index is 0.142. The van der Waals surface area contributed by atoms with Crippen LogP contribution in [0.3, 0.4) is 0 Å². The lowest BCUT2D eigenvalue weighted by Crippen LogP contribution is -2.14. The molecule has 2 N–H and O–H groups in total. The molecule has 0 aliphatic heterocycles. The maximum Gasteiger partial charge on any atom is 0.0470 e. The molecule has 1 rings (SSSR count). The highest BCUT2D eigenvalue weighted by atomic mass is 32.2. The Labute approximate surface area is 109 Å². The Morgan fingerprint density at radius 1 is 1.35 bits per heavy atom. The molecular formula is C14H23NOS. The van der Waals surface area contributed by atoms with Crippen molar-refractivity contribution in [3.8, 4) is 0 Å². The molecule has 96 valence electrons. The van der Waals surface area contributed by atoms with Crippen LogP contribution in [0.15, 0.2) is 18.2 Å². The highest BCUT2D eigenvalue weighted by Crippen LogP contribution is 2.20. The van der Waals surface area contributed by atoms with E-state index in [-0.39, 0.29) is 6.04 Å². The van der Waals surface area contributed by atoms with Crippen LogP contribution < -0.4 is 5.73 Å². The summed E-state index contributed by atoms with van der Waals surface area (Å²) in [5.41, 5.74) is 10.1. The highest BCUT2D eigenvalue weighted by Gasteiger charge is 2.08. The van der Waals surface area contributed by atoms with E-state index in [4.69, 9.17) is 10.5 Å². The number of hydrogen-bond acceptors (Lipinski definition) is 3. The summed E-state index contributed by atoms with van der Waals surface area (Å²) in [4.78, 5) is 0. The van der Waals surface area contributed by atoms with Gasteiger partial charge in [0.15, 0.2) is 0 Å². The summed E-state index contributed by atoms with van der Waals surface area (Å²) in [6.07, 6.45) is 1.10. The second kappa shape index (κ2) is 7.75. The van der Waals surface area contributed by atoms with Gasteiger partial charge in [0.1, 0.15) is 0 Å². The fourth-order valence-corrected chi connectivity index (χ4v) is 2.77. The molecule has 1 aromatic carbocycles. The molecule has 0 radical (unpaired) electrons. The molecular weight excluding hydrogens is 230 g/mol. The van der Waals surface area contributed by atoms with Crippen LogP contribution in [0.4, 0.5) is 0 Å². The van der Waals surface area contributed by atoms with Crippen LogP contribution in [0.1, 0.15) is 29.2 Å². The van der Waals surface area contributed by atoms with Gasteiger partial charge in [0.2, 0.25) is 0 Å². The summed E-state index contributed by atoms with van der Waals surface area (Å²) in [7, 11) is 1.74. The van der Waals surface area contributed by atoms with Crippen LogP contribution in [0, 0.1) is 13.8 Å². The van der Waals surface area contributed by atoms with E-state index < -0.39 is 0 Å². The van der Waals surface area contributed by atoms with Crippen LogP contribution in [0.2, 0.25) is 0 Å². The van der Waals surface area contributed by atoms with Crippen molar-refractivity contribution in [2.75, 3.05) is 25.2 Å². The van der Waals surface area contributed by atoms with Gasteiger partial charge in [-0.3, -0.25) is 0 Å². The lowest BCUT2D eigenvalue weighted by molar-refractivity contribution is 0.200. The van der Waals surface area contributed by atoms with E-state index in [1.165, 1.54) is 16.7 Å². The first-order valence-corrected chi connectivity index (χ1v) is 7.20. The molecule has 17 heavy (non-hydrogen) atoms. The van der Waals surface area contributed by atoms with E-state index >= 15 is 0 Å². The lowest BCUT2D eigenvalue weighted by Gasteiger charge is -2.15. The van der Waals surface area contributed by atoms with Gasteiger partial charge < -0.3 is 10.5 Å². The average molecular weight is 253 g/mol. The Balaban J connectivity index is 2.38. The standard InChI is InChI=1S/C14H23NOS/c1-11-5-6-13(12(2)9-11)14(15)10-17-8-4-7-16-3/h5-6,9,14H,4,7-8,10,15H2,1-3H3. The van der Waals surface area contributed by atoms with Crippen molar-refractivity contribution in [1.29, 1.82) is 0 Å². The minimum atomic E-state index is 0.142. The number of thioether (sulfide) groups is 1. The molecule has 0 heterocycles. The van der Waals surface area contributed by atoms with Gasteiger partial charge in [-0.05, 0) is 37.1 Å². The topological polar surface area (TPSA) is 35.2 Å². The molecule has 0 aliphatic carbocycles. The fraction of sp³-hybridized carbons (Fsp3) is 0.571. The molecule has 1 atom stereocenters. The van der Waals surface area contributed by atoms with Gasteiger partial charge in [-0.1, -0.05) is 23.8 Å². The van der Waals surface area contributed by atoms with Gasteiger partial charge in [0.25, 0.3) is 0 Å². The predicted octanol–water partition coefficient (Wildman–Crippen LogP) is 3.07. The second-order valence-corrected chi connectivity index (χ2v) is 5.54. The third kappa shape index (κ3) is 5.11. The van der Waals surface area contributed by atoms with Crippen molar-refractivity contribution in [2.45, 2.75) is 26.3 Å². The van der Waals surface area contributed by atoms with E-state index in [0.29, 0.717) is 0 Å². The van der Waals surface area contributed by atoms with Gasteiger partial charge in [-0.25, -0.2) is 0 Å². The smallest absolute Gasteiger partial charge is 0.0470 e. The molecule has 0 saturated carbocycles. The zero-order chi connectivity index (χ0) is 12.7. The Hall–Kier alpha value is -0.510. The first-order chi connectivity index (χ1) is 8.15. The number of hydrogen-bond donors (Lipinski definition) is 1. The molecule has 0 aromatic heterocycles. The first kappa shape index (κ1) is 14.6. The molecule has 2 nitrogen and oxygen atoms in total. The van der Waals surface area contributed by atoms with Gasteiger partial charge >= 0.3 is 0 Å². The Bertz CT molecular complexity index is 341. The SMILES string of the molecule is COCCCSCC(N)c1ccc(C)cc1C. The van der Waals surface area contributed by atoms with Gasteiger partial charge in [-0.2, -0.15) is 11.8 Å². The summed E-state index contributed by atoms with van der Waals surface area (Å²) in [5.74, 6) is 2.10. The van der Waals surface area contributed by atoms with Gasteiger partial charge in [0, 0.05) is 25.5 Å². The number of rotatable bonds is 7. The Morgan fingerprint density at radius 2 is 2.12 bits per heavy atom. The van der Waals surface area contributed by atoms with Crippen LogP contribution >= 0.6 is 11.8 Å². The van der Waals surface area contributed by atoms with Crippen LogP contribution in [-0.2, 0) is 4.74 Å². The molecule has 0 spiro atoms. The quantitative estimate of drug-likeness (QED) is 0.759. The molecule has 0 saturated heterocycles. The summed E-state index contributed by atoms with van der Waals surface area (Å²) in [6, 6.07) is 6.64. The van der Waals surface area contributed by atoms with Crippen molar-refractivity contribution in [1.82, 2.24) is 0 Å². The normalized spacial score (nSPS) is 12.7. The highest BCUT2D eigenvalue weighted by molar-refractivity contribution is 7.99. The lowest BCUT2D eigenvalue weighted by atomic mass is 10.0. The van der Waals surface area contributed by atoms with E-state index in [9.17, 15) is 0 Å². The maximum atomic E-state index is 6.21. The average Bonchev–Trinajstić information content (AvgIpc) is 2.28. The molecule has 1 unspecified atom stereocenters. The first-order valence-electron chi connectivity index (χ1n) is 6.04. The second-order valence-electron chi connectivity index (χ2n) is 4.39. The van der Waals surface area contributed by atoms with Crippen molar-refractivity contribution >= 4 is 11.8 Å². The molecule has 1 aromatic rings. The molecule has 0 amide bonds. The number of ether oxygens (including phenoxy) is 1. The van der Waals surface area contributed by atoms with E-state index in [1.54, 1.807) is 7.11 Å². The van der Waals surface area contributed by atoms with Crippen LogP contribution in [0.5, 0.6) is 0 Å². The third-order valence-electron chi connectivity index (χ3n) is 2.76. The van der Waals surface area contributed by atoms with E-state index in [2.05, 4.69) is 32.0 Å². The number of aryl methyl sites for hydroxylation is 2. The largest absolute Gasteiger partial charge is 0.385 e. The third-order valence-corrected chi connectivity index (χ3v) is 3.93. The molecule has 3 heteroatoms. The monoisotopic (exact) mass is 253 g/mol. The van der Waals surface area contributed by atoms with Crippen molar-refractivity contribution in [3.63, 3.8) is 0 Å². The molecule has 0 aliphatic rings. The molecule has 0 fully saturated rings. The maximum absolute atomic E-state index is 6.21. The van der Waals surface area contributed by atoms with E-state index in [0.717, 1.165) is 24.5 Å². The van der Waals surface area contributed by atoms with Gasteiger partial charge in [0.05, 0.1) is 0 Å². The van der Waals surface area contributed by atoms with Crippen molar-refractivity contribution in [2.24, 2.45) is 5.73 Å².